The summed E-state index contributed by atoms with van der Waals surface area (Å²) in [4.78, 5) is 12.7. The molecule has 1 aromatic heterocycles. The van der Waals surface area contributed by atoms with Crippen LogP contribution in [0.4, 0.5) is 11.4 Å². The average molecular weight is 416 g/mol. The quantitative estimate of drug-likeness (QED) is 0.431. The van der Waals surface area contributed by atoms with Gasteiger partial charge in [0.2, 0.25) is 5.91 Å². The SMILES string of the molecule is CCC(Sc1nnc(-c2cccc(N)c2)n1CC)C(=O)Nc1ccc(Cl)cc1. The Labute approximate surface area is 173 Å². The lowest BCUT2D eigenvalue weighted by Gasteiger charge is -2.15. The van der Waals surface area contributed by atoms with E-state index in [0.717, 1.165) is 11.4 Å². The summed E-state index contributed by atoms with van der Waals surface area (Å²) in [5.74, 6) is 0.663. The number of hydrogen-bond donors (Lipinski definition) is 2. The molecule has 28 heavy (non-hydrogen) atoms. The van der Waals surface area contributed by atoms with Crippen LogP contribution in [0.1, 0.15) is 20.3 Å². The standard InChI is InChI=1S/C20H22ClN5OS/c1-3-17(19(27)23-16-10-8-14(21)9-11-16)28-20-25-24-18(26(20)4-2)13-6-5-7-15(22)12-13/h5-12,17H,3-4,22H2,1-2H3,(H,23,27). The summed E-state index contributed by atoms with van der Waals surface area (Å²) in [6.07, 6.45) is 0.661. The van der Waals surface area contributed by atoms with E-state index < -0.39 is 0 Å². The van der Waals surface area contributed by atoms with Crippen LogP contribution in [-0.2, 0) is 11.3 Å². The molecule has 1 atom stereocenters. The maximum absolute atomic E-state index is 12.7. The minimum atomic E-state index is -0.293. The van der Waals surface area contributed by atoms with Crippen molar-refractivity contribution in [2.24, 2.45) is 0 Å². The van der Waals surface area contributed by atoms with Crippen LogP contribution in [-0.4, -0.2) is 25.9 Å². The first-order valence-corrected chi connectivity index (χ1v) is 10.3. The highest BCUT2D eigenvalue weighted by Crippen LogP contribution is 2.29. The van der Waals surface area contributed by atoms with Gasteiger partial charge in [0.25, 0.3) is 0 Å². The summed E-state index contributed by atoms with van der Waals surface area (Å²) in [6, 6.07) is 14.6. The van der Waals surface area contributed by atoms with E-state index in [2.05, 4.69) is 15.5 Å². The molecule has 0 saturated heterocycles. The number of anilines is 2. The maximum Gasteiger partial charge on any atom is 0.237 e. The minimum absolute atomic E-state index is 0.0778. The molecule has 6 nitrogen and oxygen atoms in total. The van der Waals surface area contributed by atoms with E-state index in [9.17, 15) is 4.79 Å². The van der Waals surface area contributed by atoms with Crippen LogP contribution in [0.3, 0.4) is 0 Å². The second-order valence-corrected chi connectivity index (χ2v) is 7.79. The van der Waals surface area contributed by atoms with Crippen molar-refractivity contribution in [1.82, 2.24) is 14.8 Å². The van der Waals surface area contributed by atoms with Crippen molar-refractivity contribution in [3.8, 4) is 11.4 Å². The number of carbonyl (C=O) groups excluding carboxylic acids is 1. The number of nitrogens with two attached hydrogens (primary N) is 1. The van der Waals surface area contributed by atoms with Crippen LogP contribution in [0.15, 0.2) is 53.7 Å². The number of nitrogens with zero attached hydrogens (tertiary/aromatic N) is 3. The predicted molar refractivity (Wildman–Crippen MR) is 116 cm³/mol. The Hall–Kier alpha value is -2.51. The van der Waals surface area contributed by atoms with E-state index in [1.165, 1.54) is 11.8 Å². The molecule has 1 amide bonds. The number of halogens is 1. The van der Waals surface area contributed by atoms with E-state index in [4.69, 9.17) is 17.3 Å². The fraction of sp³-hybridized carbons (Fsp3) is 0.250. The zero-order valence-corrected chi connectivity index (χ0v) is 17.3. The van der Waals surface area contributed by atoms with Gasteiger partial charge in [0.15, 0.2) is 11.0 Å². The molecule has 0 aliphatic carbocycles. The van der Waals surface area contributed by atoms with Gasteiger partial charge in [0.05, 0.1) is 5.25 Å². The summed E-state index contributed by atoms with van der Waals surface area (Å²) in [5, 5.41) is 12.6. The lowest BCUT2D eigenvalue weighted by Crippen LogP contribution is -2.25. The van der Waals surface area contributed by atoms with Gasteiger partial charge in [-0.05, 0) is 49.7 Å². The summed E-state index contributed by atoms with van der Waals surface area (Å²) >= 11 is 7.31. The van der Waals surface area contributed by atoms with Crippen molar-refractivity contribution in [3.63, 3.8) is 0 Å². The normalized spacial score (nSPS) is 12.0. The second-order valence-electron chi connectivity index (χ2n) is 6.19. The molecular formula is C20H22ClN5OS. The Balaban J connectivity index is 1.79. The first-order chi connectivity index (χ1) is 13.5. The molecule has 0 aliphatic rings. The van der Waals surface area contributed by atoms with Gasteiger partial charge < -0.3 is 15.6 Å². The van der Waals surface area contributed by atoms with Gasteiger partial charge in [0.1, 0.15) is 0 Å². The molecule has 8 heteroatoms. The van der Waals surface area contributed by atoms with E-state index in [0.29, 0.717) is 34.5 Å². The first kappa shape index (κ1) is 20.2. The van der Waals surface area contributed by atoms with Gasteiger partial charge in [-0.25, -0.2) is 0 Å². The van der Waals surface area contributed by atoms with Crippen molar-refractivity contribution in [2.75, 3.05) is 11.1 Å². The molecule has 3 N–H and O–H groups in total. The minimum Gasteiger partial charge on any atom is -0.399 e. The van der Waals surface area contributed by atoms with Crippen molar-refractivity contribution in [3.05, 3.63) is 53.6 Å². The third-order valence-corrected chi connectivity index (χ3v) is 5.80. The molecule has 146 valence electrons. The molecule has 0 bridgehead atoms. The number of carbonyl (C=O) groups is 1. The number of benzene rings is 2. The number of nitrogen functional groups attached to an aromatic ring is 1. The Morgan fingerprint density at radius 2 is 1.96 bits per heavy atom. The summed E-state index contributed by atoms with van der Waals surface area (Å²) in [7, 11) is 0. The molecule has 0 spiro atoms. The van der Waals surface area contributed by atoms with Gasteiger partial charge in [-0.1, -0.05) is 42.4 Å². The summed E-state index contributed by atoms with van der Waals surface area (Å²) in [5.41, 5.74) is 8.18. The zero-order chi connectivity index (χ0) is 20.1. The topological polar surface area (TPSA) is 85.8 Å². The van der Waals surface area contributed by atoms with E-state index in [1.54, 1.807) is 24.3 Å². The Kier molecular flexibility index (Phi) is 6.59. The monoisotopic (exact) mass is 415 g/mol. The molecule has 0 radical (unpaired) electrons. The molecule has 0 aliphatic heterocycles. The van der Waals surface area contributed by atoms with Crippen LogP contribution in [0.2, 0.25) is 5.02 Å². The van der Waals surface area contributed by atoms with Crippen LogP contribution < -0.4 is 11.1 Å². The van der Waals surface area contributed by atoms with Gasteiger partial charge in [-0.15, -0.1) is 10.2 Å². The molecule has 1 unspecified atom stereocenters. The Bertz CT molecular complexity index is 957. The summed E-state index contributed by atoms with van der Waals surface area (Å²) in [6.45, 7) is 4.69. The van der Waals surface area contributed by atoms with Crippen LogP contribution >= 0.6 is 23.4 Å². The summed E-state index contributed by atoms with van der Waals surface area (Å²) < 4.78 is 2.00. The maximum atomic E-state index is 12.7. The van der Waals surface area contributed by atoms with Gasteiger partial charge in [-0.2, -0.15) is 0 Å². The first-order valence-electron chi connectivity index (χ1n) is 9.04. The highest BCUT2D eigenvalue weighted by atomic mass is 35.5. The van der Waals surface area contributed by atoms with Crippen LogP contribution in [0.25, 0.3) is 11.4 Å². The number of thioether (sulfide) groups is 1. The molecule has 0 saturated carbocycles. The third kappa shape index (κ3) is 4.66. The fourth-order valence-electron chi connectivity index (χ4n) is 2.76. The number of rotatable bonds is 7. The molecule has 0 fully saturated rings. The van der Waals surface area contributed by atoms with Crippen molar-refractivity contribution in [2.45, 2.75) is 37.2 Å². The van der Waals surface area contributed by atoms with Crippen molar-refractivity contribution in [1.29, 1.82) is 0 Å². The van der Waals surface area contributed by atoms with Crippen LogP contribution in [0.5, 0.6) is 0 Å². The second kappa shape index (κ2) is 9.12. The smallest absolute Gasteiger partial charge is 0.237 e. The molecule has 3 aromatic rings. The predicted octanol–water partition coefficient (Wildman–Crippen LogP) is 4.71. The van der Waals surface area contributed by atoms with Crippen molar-refractivity contribution >= 4 is 40.6 Å². The van der Waals surface area contributed by atoms with E-state index >= 15 is 0 Å². The number of amides is 1. The van der Waals surface area contributed by atoms with Gasteiger partial charge in [-0.3, -0.25) is 4.79 Å². The molecule has 1 heterocycles. The molecule has 3 rings (SSSR count). The average Bonchev–Trinajstić information content (AvgIpc) is 3.10. The lowest BCUT2D eigenvalue weighted by molar-refractivity contribution is -0.115. The van der Waals surface area contributed by atoms with E-state index in [-0.39, 0.29) is 11.2 Å². The van der Waals surface area contributed by atoms with E-state index in [1.807, 2.05) is 42.7 Å². The number of hydrogen-bond acceptors (Lipinski definition) is 5. The highest BCUT2D eigenvalue weighted by molar-refractivity contribution is 8.00. The molecule has 2 aromatic carbocycles. The Morgan fingerprint density at radius 3 is 2.61 bits per heavy atom. The number of aromatic nitrogens is 3. The lowest BCUT2D eigenvalue weighted by atomic mass is 10.2. The van der Waals surface area contributed by atoms with Gasteiger partial charge >= 0.3 is 0 Å². The number of nitrogens with one attached hydrogen (secondary N) is 1. The molecular weight excluding hydrogens is 394 g/mol. The van der Waals surface area contributed by atoms with Crippen molar-refractivity contribution < 1.29 is 4.79 Å². The highest BCUT2D eigenvalue weighted by Gasteiger charge is 2.23. The van der Waals surface area contributed by atoms with Crippen LogP contribution in [0, 0.1) is 0 Å². The third-order valence-electron chi connectivity index (χ3n) is 4.20. The Morgan fingerprint density at radius 1 is 1.21 bits per heavy atom. The largest absolute Gasteiger partial charge is 0.399 e. The van der Waals surface area contributed by atoms with Gasteiger partial charge in [0, 0.05) is 28.5 Å². The zero-order valence-electron chi connectivity index (χ0n) is 15.7. The fourth-order valence-corrected chi connectivity index (χ4v) is 3.90.